The molecule has 0 spiro atoms. The van der Waals surface area contributed by atoms with Gasteiger partial charge in [-0.15, -0.1) is 22.9 Å². The Bertz CT molecular complexity index is 224. The van der Waals surface area contributed by atoms with E-state index in [1.165, 1.54) is 17.5 Å². The number of alkyl halides is 1. The van der Waals surface area contributed by atoms with Gasteiger partial charge < -0.3 is 5.73 Å². The summed E-state index contributed by atoms with van der Waals surface area (Å²) in [4.78, 5) is 14.9. The summed E-state index contributed by atoms with van der Waals surface area (Å²) in [6.45, 7) is 0. The van der Waals surface area contributed by atoms with Gasteiger partial charge in [0.1, 0.15) is 5.38 Å². The van der Waals surface area contributed by atoms with Crippen LogP contribution >= 0.6 is 22.9 Å². The highest BCUT2D eigenvalue weighted by Crippen LogP contribution is 2.22. The number of carbonyl (C=O) groups is 1. The monoisotopic (exact) mass is 176 g/mol. The molecular formula is C5H5ClN2OS. The average Bonchev–Trinajstić information content (AvgIpc) is 2.36. The fourth-order valence-corrected chi connectivity index (χ4v) is 1.30. The second kappa shape index (κ2) is 2.98. The molecular weight excluding hydrogens is 172 g/mol. The molecule has 3 nitrogen and oxygen atoms in total. The van der Waals surface area contributed by atoms with Crippen LogP contribution < -0.4 is 5.73 Å². The van der Waals surface area contributed by atoms with E-state index in [0.29, 0.717) is 4.88 Å². The molecule has 1 atom stereocenters. The molecule has 10 heavy (non-hydrogen) atoms. The summed E-state index contributed by atoms with van der Waals surface area (Å²) in [7, 11) is 0. The van der Waals surface area contributed by atoms with Gasteiger partial charge in [0.15, 0.2) is 0 Å². The summed E-state index contributed by atoms with van der Waals surface area (Å²) >= 11 is 6.89. The third-order valence-corrected chi connectivity index (χ3v) is 2.37. The lowest BCUT2D eigenvalue weighted by atomic mass is 10.4. The first-order chi connectivity index (χ1) is 4.72. The first-order valence-electron chi connectivity index (χ1n) is 2.53. The second-order valence-corrected chi connectivity index (χ2v) is 3.02. The molecule has 0 fully saturated rings. The number of rotatable bonds is 2. The molecule has 2 N–H and O–H groups in total. The van der Waals surface area contributed by atoms with Crippen molar-refractivity contribution in [1.29, 1.82) is 0 Å². The first-order valence-corrected chi connectivity index (χ1v) is 3.85. The average molecular weight is 177 g/mol. The number of hydrogen-bond acceptors (Lipinski definition) is 3. The molecule has 1 heterocycles. The third kappa shape index (κ3) is 1.46. The van der Waals surface area contributed by atoms with E-state index in [1.807, 2.05) is 0 Å². The molecule has 0 radical (unpaired) electrons. The highest BCUT2D eigenvalue weighted by molar-refractivity contribution is 7.10. The predicted octanol–water partition coefficient (Wildman–Crippen LogP) is 0.908. The number of halogens is 1. The van der Waals surface area contributed by atoms with Gasteiger partial charge in [0, 0.05) is 6.20 Å². The van der Waals surface area contributed by atoms with Crippen molar-refractivity contribution in [2.45, 2.75) is 5.38 Å². The highest BCUT2D eigenvalue weighted by atomic mass is 35.5. The summed E-state index contributed by atoms with van der Waals surface area (Å²) in [5.74, 6) is -0.536. The minimum atomic E-state index is -0.729. The van der Waals surface area contributed by atoms with Gasteiger partial charge in [-0.2, -0.15) is 0 Å². The van der Waals surface area contributed by atoms with Crippen molar-refractivity contribution < 1.29 is 4.79 Å². The molecule has 0 aromatic carbocycles. The molecule has 1 aromatic heterocycles. The number of thiazole rings is 1. The lowest BCUT2D eigenvalue weighted by Gasteiger charge is -1.97. The van der Waals surface area contributed by atoms with Crippen LogP contribution in [-0.4, -0.2) is 10.9 Å². The molecule has 0 aliphatic rings. The Balaban J connectivity index is 2.77. The molecule has 0 bridgehead atoms. The van der Waals surface area contributed by atoms with E-state index in [1.54, 1.807) is 5.51 Å². The summed E-state index contributed by atoms with van der Waals surface area (Å²) in [5.41, 5.74) is 6.54. The lowest BCUT2D eigenvalue weighted by Crippen LogP contribution is -2.15. The van der Waals surface area contributed by atoms with Gasteiger partial charge in [-0.3, -0.25) is 9.78 Å². The predicted molar refractivity (Wildman–Crippen MR) is 39.9 cm³/mol. The Morgan fingerprint density at radius 2 is 2.60 bits per heavy atom. The molecule has 1 aromatic rings. The molecule has 54 valence electrons. The van der Waals surface area contributed by atoms with Crippen LogP contribution in [0.2, 0.25) is 0 Å². The van der Waals surface area contributed by atoms with Crippen molar-refractivity contribution in [3.63, 3.8) is 0 Å². The van der Waals surface area contributed by atoms with Gasteiger partial charge in [-0.25, -0.2) is 0 Å². The van der Waals surface area contributed by atoms with Crippen LogP contribution in [0.3, 0.4) is 0 Å². The second-order valence-electron chi connectivity index (χ2n) is 1.67. The summed E-state index contributed by atoms with van der Waals surface area (Å²) in [6.07, 6.45) is 1.53. The number of hydrogen-bond donors (Lipinski definition) is 1. The van der Waals surface area contributed by atoms with Crippen LogP contribution in [0.25, 0.3) is 0 Å². The zero-order chi connectivity index (χ0) is 7.56. The number of carbonyl (C=O) groups excluding carboxylic acids is 1. The van der Waals surface area contributed by atoms with E-state index in [2.05, 4.69) is 4.98 Å². The van der Waals surface area contributed by atoms with E-state index < -0.39 is 11.3 Å². The Morgan fingerprint density at radius 1 is 1.90 bits per heavy atom. The van der Waals surface area contributed by atoms with Gasteiger partial charge in [-0.05, 0) is 0 Å². The van der Waals surface area contributed by atoms with E-state index in [-0.39, 0.29) is 0 Å². The minimum absolute atomic E-state index is 0.536. The van der Waals surface area contributed by atoms with Crippen LogP contribution in [0.4, 0.5) is 0 Å². The maximum Gasteiger partial charge on any atom is 0.240 e. The van der Waals surface area contributed by atoms with Crippen LogP contribution in [-0.2, 0) is 4.79 Å². The number of amides is 1. The lowest BCUT2D eigenvalue weighted by molar-refractivity contribution is -0.117. The summed E-state index contributed by atoms with van der Waals surface area (Å²) < 4.78 is 0. The van der Waals surface area contributed by atoms with E-state index in [0.717, 1.165) is 0 Å². The SMILES string of the molecule is NC(=O)C(Cl)c1cncs1. The van der Waals surface area contributed by atoms with Crippen LogP contribution in [0.15, 0.2) is 11.7 Å². The Hall–Kier alpha value is -0.610. The van der Waals surface area contributed by atoms with Crippen molar-refractivity contribution in [3.05, 3.63) is 16.6 Å². The van der Waals surface area contributed by atoms with Crippen molar-refractivity contribution in [1.82, 2.24) is 4.98 Å². The fourth-order valence-electron chi connectivity index (χ4n) is 0.491. The Labute approximate surface area is 66.8 Å². The van der Waals surface area contributed by atoms with Crippen LogP contribution in [0.5, 0.6) is 0 Å². The Kier molecular flexibility index (Phi) is 2.24. The molecule has 1 amide bonds. The third-order valence-electron chi connectivity index (χ3n) is 0.951. The fraction of sp³-hybridized carbons (Fsp3) is 0.200. The van der Waals surface area contributed by atoms with E-state index in [9.17, 15) is 4.79 Å². The minimum Gasteiger partial charge on any atom is -0.368 e. The Morgan fingerprint density at radius 3 is 3.00 bits per heavy atom. The van der Waals surface area contributed by atoms with Crippen LogP contribution in [0.1, 0.15) is 10.3 Å². The molecule has 1 rings (SSSR count). The first kappa shape index (κ1) is 7.50. The molecule has 0 aliphatic carbocycles. The van der Waals surface area contributed by atoms with Crippen molar-refractivity contribution in [2.75, 3.05) is 0 Å². The van der Waals surface area contributed by atoms with Gasteiger partial charge in [0.2, 0.25) is 5.91 Å². The zero-order valence-electron chi connectivity index (χ0n) is 4.95. The summed E-state index contributed by atoms with van der Waals surface area (Å²) in [5, 5.41) is -0.729. The van der Waals surface area contributed by atoms with Crippen molar-refractivity contribution in [2.24, 2.45) is 5.73 Å². The normalized spacial score (nSPS) is 12.9. The van der Waals surface area contributed by atoms with Crippen molar-refractivity contribution in [3.8, 4) is 0 Å². The van der Waals surface area contributed by atoms with Gasteiger partial charge in [0.25, 0.3) is 0 Å². The number of aromatic nitrogens is 1. The highest BCUT2D eigenvalue weighted by Gasteiger charge is 2.14. The molecule has 0 saturated heterocycles. The van der Waals surface area contributed by atoms with Gasteiger partial charge in [0.05, 0.1) is 10.4 Å². The van der Waals surface area contributed by atoms with Crippen LogP contribution in [0, 0.1) is 0 Å². The topological polar surface area (TPSA) is 56.0 Å². The maximum absolute atomic E-state index is 10.5. The van der Waals surface area contributed by atoms with E-state index in [4.69, 9.17) is 17.3 Å². The summed E-state index contributed by atoms with van der Waals surface area (Å²) in [6, 6.07) is 0. The van der Waals surface area contributed by atoms with Gasteiger partial charge in [-0.1, -0.05) is 0 Å². The number of nitrogens with two attached hydrogens (primary N) is 1. The number of primary amides is 1. The standard InChI is InChI=1S/C5H5ClN2OS/c6-4(5(7)9)3-1-8-2-10-3/h1-2,4H,(H2,7,9). The quantitative estimate of drug-likeness (QED) is 0.681. The maximum atomic E-state index is 10.5. The number of nitrogens with zero attached hydrogens (tertiary/aromatic N) is 1. The molecule has 1 unspecified atom stereocenters. The van der Waals surface area contributed by atoms with E-state index >= 15 is 0 Å². The van der Waals surface area contributed by atoms with Crippen molar-refractivity contribution >= 4 is 28.8 Å². The molecule has 5 heteroatoms. The largest absolute Gasteiger partial charge is 0.368 e. The zero-order valence-corrected chi connectivity index (χ0v) is 6.52. The smallest absolute Gasteiger partial charge is 0.240 e. The molecule has 0 saturated carbocycles. The van der Waals surface area contributed by atoms with Gasteiger partial charge >= 0.3 is 0 Å². The molecule has 0 aliphatic heterocycles.